The molecule has 0 aliphatic rings. The first-order valence-corrected chi connectivity index (χ1v) is 9.15. The fourth-order valence-corrected chi connectivity index (χ4v) is 3.28. The second kappa shape index (κ2) is 8.24. The van der Waals surface area contributed by atoms with Gasteiger partial charge in [0.1, 0.15) is 5.82 Å². The first-order valence-electron chi connectivity index (χ1n) is 9.15. The molecule has 2 nitrogen and oxygen atoms in total. The lowest BCUT2D eigenvalue weighted by molar-refractivity contribution is -0.672. The lowest BCUT2D eigenvalue weighted by Crippen LogP contribution is -2.32. The third-order valence-corrected chi connectivity index (χ3v) is 4.63. The van der Waals surface area contributed by atoms with Gasteiger partial charge in [0.25, 0.3) is 0 Å². The van der Waals surface area contributed by atoms with Gasteiger partial charge in [-0.2, -0.15) is 4.57 Å². The standard InChI is InChI=1S/C21H25F2N2/c1-2-3-4-5-6-9-14-24-16-25(21-11-8-7-10-20(21)24)19-13-12-17(22)15-18(19)23/h7-8,10-13,15-16H,2-6,9,14H2,1H3/q+1. The molecular formula is C21H25F2N2+. The zero-order valence-electron chi connectivity index (χ0n) is 14.7. The van der Waals surface area contributed by atoms with E-state index in [-0.39, 0.29) is 0 Å². The van der Waals surface area contributed by atoms with Crippen LogP contribution in [0.15, 0.2) is 48.8 Å². The molecule has 1 heterocycles. The van der Waals surface area contributed by atoms with E-state index in [4.69, 9.17) is 0 Å². The van der Waals surface area contributed by atoms with Gasteiger partial charge in [-0.1, -0.05) is 44.7 Å². The number of aromatic nitrogens is 2. The zero-order valence-corrected chi connectivity index (χ0v) is 14.7. The van der Waals surface area contributed by atoms with Gasteiger partial charge in [-0.05, 0) is 37.1 Å². The molecule has 0 amide bonds. The Labute approximate surface area is 147 Å². The maximum Gasteiger partial charge on any atom is 0.250 e. The predicted molar refractivity (Wildman–Crippen MR) is 96.8 cm³/mol. The summed E-state index contributed by atoms with van der Waals surface area (Å²) in [6.07, 6.45) is 9.35. The number of hydrogen-bond donors (Lipinski definition) is 0. The van der Waals surface area contributed by atoms with Crippen molar-refractivity contribution >= 4 is 11.0 Å². The van der Waals surface area contributed by atoms with Gasteiger partial charge in [-0.25, -0.2) is 13.3 Å². The molecule has 3 rings (SSSR count). The molecule has 0 radical (unpaired) electrons. The highest BCUT2D eigenvalue weighted by atomic mass is 19.1. The Morgan fingerprint density at radius 2 is 1.68 bits per heavy atom. The molecule has 0 aliphatic heterocycles. The molecular weight excluding hydrogens is 318 g/mol. The minimum atomic E-state index is -0.558. The molecule has 3 aromatic rings. The number of fused-ring (bicyclic) bond motifs is 1. The summed E-state index contributed by atoms with van der Waals surface area (Å²) in [6.45, 7) is 3.13. The molecule has 2 aromatic carbocycles. The van der Waals surface area contributed by atoms with E-state index in [0.29, 0.717) is 5.69 Å². The average molecular weight is 343 g/mol. The molecule has 4 heteroatoms. The number of benzene rings is 2. The van der Waals surface area contributed by atoms with Crippen LogP contribution >= 0.6 is 0 Å². The maximum atomic E-state index is 14.2. The number of aryl methyl sites for hydroxylation is 1. The van der Waals surface area contributed by atoms with Gasteiger partial charge in [-0.15, -0.1) is 0 Å². The minimum Gasteiger partial charge on any atom is -0.229 e. The summed E-state index contributed by atoms with van der Waals surface area (Å²) in [5.41, 5.74) is 2.37. The lowest BCUT2D eigenvalue weighted by Gasteiger charge is -2.00. The van der Waals surface area contributed by atoms with Crippen molar-refractivity contribution in [2.75, 3.05) is 0 Å². The Balaban J connectivity index is 1.83. The van der Waals surface area contributed by atoms with Crippen molar-refractivity contribution in [3.05, 3.63) is 60.4 Å². The Morgan fingerprint density at radius 3 is 2.48 bits per heavy atom. The molecule has 132 valence electrons. The van der Waals surface area contributed by atoms with Crippen LogP contribution in [0.3, 0.4) is 0 Å². The second-order valence-electron chi connectivity index (χ2n) is 6.53. The van der Waals surface area contributed by atoms with Crippen molar-refractivity contribution in [3.63, 3.8) is 0 Å². The molecule has 0 fully saturated rings. The molecule has 1 aromatic heterocycles. The van der Waals surface area contributed by atoms with E-state index >= 15 is 0 Å². The Kier molecular flexibility index (Phi) is 5.79. The number of unbranched alkanes of at least 4 members (excludes halogenated alkanes) is 5. The van der Waals surface area contributed by atoms with Crippen molar-refractivity contribution in [1.82, 2.24) is 4.57 Å². The van der Waals surface area contributed by atoms with Gasteiger partial charge in [0.15, 0.2) is 22.5 Å². The summed E-state index contributed by atoms with van der Waals surface area (Å²) < 4.78 is 31.4. The normalized spacial score (nSPS) is 11.3. The van der Waals surface area contributed by atoms with E-state index in [1.807, 2.05) is 30.6 Å². The van der Waals surface area contributed by atoms with Gasteiger partial charge >= 0.3 is 0 Å². The number of hydrogen-bond acceptors (Lipinski definition) is 0. The number of nitrogens with zero attached hydrogens (tertiary/aromatic N) is 2. The second-order valence-corrected chi connectivity index (χ2v) is 6.53. The fraction of sp³-hybridized carbons (Fsp3) is 0.381. The quantitative estimate of drug-likeness (QED) is 0.374. The van der Waals surface area contributed by atoms with Crippen LogP contribution in [0.1, 0.15) is 45.4 Å². The highest BCUT2D eigenvalue weighted by molar-refractivity contribution is 5.74. The summed E-state index contributed by atoms with van der Waals surface area (Å²) >= 11 is 0. The Morgan fingerprint density at radius 1 is 0.920 bits per heavy atom. The van der Waals surface area contributed by atoms with Crippen LogP contribution in [-0.4, -0.2) is 4.57 Å². The van der Waals surface area contributed by atoms with Crippen LogP contribution in [-0.2, 0) is 6.54 Å². The van der Waals surface area contributed by atoms with E-state index in [1.54, 1.807) is 4.57 Å². The van der Waals surface area contributed by atoms with Crippen LogP contribution in [0, 0.1) is 11.6 Å². The fourth-order valence-electron chi connectivity index (χ4n) is 3.28. The largest absolute Gasteiger partial charge is 0.250 e. The van der Waals surface area contributed by atoms with Crippen LogP contribution in [0.25, 0.3) is 16.7 Å². The molecule has 0 aliphatic carbocycles. The van der Waals surface area contributed by atoms with Gasteiger partial charge in [0.05, 0.1) is 6.54 Å². The number of para-hydroxylation sites is 2. The summed E-state index contributed by atoms with van der Waals surface area (Å²) in [5.74, 6) is -1.11. The maximum absolute atomic E-state index is 14.2. The summed E-state index contributed by atoms with van der Waals surface area (Å²) in [7, 11) is 0. The van der Waals surface area contributed by atoms with Crippen molar-refractivity contribution in [2.45, 2.75) is 52.0 Å². The number of rotatable bonds is 8. The lowest BCUT2D eigenvalue weighted by atomic mass is 10.1. The summed E-state index contributed by atoms with van der Waals surface area (Å²) in [6, 6.07) is 11.7. The van der Waals surface area contributed by atoms with Crippen LogP contribution in [0.2, 0.25) is 0 Å². The molecule has 0 spiro atoms. The van der Waals surface area contributed by atoms with Crippen molar-refractivity contribution in [3.8, 4) is 5.69 Å². The molecule has 25 heavy (non-hydrogen) atoms. The zero-order chi connectivity index (χ0) is 17.6. The first-order chi connectivity index (χ1) is 12.2. The Hall–Kier alpha value is -2.23. The molecule has 0 unspecified atom stereocenters. The van der Waals surface area contributed by atoms with E-state index in [1.165, 1.54) is 44.2 Å². The van der Waals surface area contributed by atoms with Crippen molar-refractivity contribution in [1.29, 1.82) is 0 Å². The van der Waals surface area contributed by atoms with E-state index < -0.39 is 11.6 Å². The van der Waals surface area contributed by atoms with Crippen LogP contribution < -0.4 is 4.57 Å². The third kappa shape index (κ3) is 4.06. The molecule has 0 saturated heterocycles. The summed E-state index contributed by atoms with van der Waals surface area (Å²) in [4.78, 5) is 0. The van der Waals surface area contributed by atoms with Gasteiger partial charge < -0.3 is 0 Å². The smallest absolute Gasteiger partial charge is 0.229 e. The SMILES string of the molecule is CCCCCCCC[n+]1cn(-c2ccc(F)cc2F)c2ccccc21. The highest BCUT2D eigenvalue weighted by Gasteiger charge is 2.19. The average Bonchev–Trinajstić information content (AvgIpc) is 2.97. The summed E-state index contributed by atoms with van der Waals surface area (Å²) in [5, 5.41) is 0. The van der Waals surface area contributed by atoms with Gasteiger partial charge in [-0.3, -0.25) is 0 Å². The molecule has 0 atom stereocenters. The first kappa shape index (κ1) is 17.6. The monoisotopic (exact) mass is 343 g/mol. The predicted octanol–water partition coefficient (Wildman–Crippen LogP) is 5.56. The third-order valence-electron chi connectivity index (χ3n) is 4.63. The van der Waals surface area contributed by atoms with Crippen molar-refractivity contribution in [2.24, 2.45) is 0 Å². The van der Waals surface area contributed by atoms with E-state index in [2.05, 4.69) is 11.5 Å². The molecule has 0 bridgehead atoms. The van der Waals surface area contributed by atoms with Crippen molar-refractivity contribution < 1.29 is 13.3 Å². The van der Waals surface area contributed by atoms with Gasteiger partial charge in [0.2, 0.25) is 6.33 Å². The Bertz CT molecular complexity index is 839. The minimum absolute atomic E-state index is 0.374. The van der Waals surface area contributed by atoms with E-state index in [9.17, 15) is 8.78 Å². The number of imidazole rings is 1. The topological polar surface area (TPSA) is 8.81 Å². The number of halogens is 2. The van der Waals surface area contributed by atoms with Crippen LogP contribution in [0.5, 0.6) is 0 Å². The molecule has 0 saturated carbocycles. The highest BCUT2D eigenvalue weighted by Crippen LogP contribution is 2.20. The van der Waals surface area contributed by atoms with Crippen LogP contribution in [0.4, 0.5) is 8.78 Å². The van der Waals surface area contributed by atoms with Gasteiger partial charge in [0, 0.05) is 6.07 Å². The van der Waals surface area contributed by atoms with E-state index in [0.717, 1.165) is 30.1 Å². The molecule has 0 N–H and O–H groups in total.